The summed E-state index contributed by atoms with van der Waals surface area (Å²) in [5, 5.41) is 0. The summed E-state index contributed by atoms with van der Waals surface area (Å²) in [5.41, 5.74) is 0. The maximum absolute atomic E-state index is 11.2. The monoisotopic (exact) mass is 240 g/mol. The lowest BCUT2D eigenvalue weighted by Gasteiger charge is -2.40. The van der Waals surface area contributed by atoms with E-state index in [1.807, 2.05) is 18.7 Å². The Balaban J connectivity index is 0.000000686. The molecule has 1 aliphatic heterocycles. The van der Waals surface area contributed by atoms with Crippen molar-refractivity contribution in [3.8, 4) is 0 Å². The largest absolute Gasteiger partial charge is 0.340 e. The number of amides is 1. The van der Waals surface area contributed by atoms with E-state index in [1.165, 1.54) is 32.1 Å². The topological polar surface area (TPSA) is 23.6 Å². The first-order valence-electron chi connectivity index (χ1n) is 7.27. The Bertz CT molecular complexity index is 216. The van der Waals surface area contributed by atoms with Gasteiger partial charge in [0.15, 0.2) is 0 Å². The van der Waals surface area contributed by atoms with E-state index >= 15 is 0 Å². The van der Waals surface area contributed by atoms with Crippen molar-refractivity contribution in [1.29, 1.82) is 0 Å². The standard InChI is InChI=1S/C12H22N2O.C2H6/c1-11(15)13-7-9-14(10-8-13)12-5-3-2-4-6-12;1-2/h12H,2-10H2,1H3;1-2H3. The van der Waals surface area contributed by atoms with Gasteiger partial charge in [-0.05, 0) is 12.8 Å². The van der Waals surface area contributed by atoms with Crippen LogP contribution in [0.5, 0.6) is 0 Å². The third kappa shape index (κ3) is 4.30. The maximum atomic E-state index is 11.2. The molecular formula is C14H28N2O. The van der Waals surface area contributed by atoms with Crippen LogP contribution >= 0.6 is 0 Å². The fourth-order valence-corrected chi connectivity index (χ4v) is 2.85. The van der Waals surface area contributed by atoms with Crippen LogP contribution in [0.2, 0.25) is 0 Å². The lowest BCUT2D eigenvalue weighted by atomic mass is 9.94. The van der Waals surface area contributed by atoms with Crippen molar-refractivity contribution in [2.75, 3.05) is 26.2 Å². The Hall–Kier alpha value is -0.570. The summed E-state index contributed by atoms with van der Waals surface area (Å²) in [6, 6.07) is 0.813. The number of rotatable bonds is 1. The molecule has 0 radical (unpaired) electrons. The number of carbonyl (C=O) groups is 1. The van der Waals surface area contributed by atoms with Gasteiger partial charge in [-0.2, -0.15) is 0 Å². The summed E-state index contributed by atoms with van der Waals surface area (Å²) in [6.45, 7) is 9.72. The van der Waals surface area contributed by atoms with Crippen LogP contribution in [0.3, 0.4) is 0 Å². The molecule has 1 aliphatic carbocycles. The van der Waals surface area contributed by atoms with E-state index in [1.54, 1.807) is 6.92 Å². The van der Waals surface area contributed by atoms with Crippen LogP contribution in [0.25, 0.3) is 0 Å². The smallest absolute Gasteiger partial charge is 0.219 e. The molecule has 1 amide bonds. The zero-order chi connectivity index (χ0) is 12.7. The van der Waals surface area contributed by atoms with Gasteiger partial charge in [-0.25, -0.2) is 0 Å². The Kier molecular flexibility index (Phi) is 6.56. The van der Waals surface area contributed by atoms with Crippen molar-refractivity contribution in [3.63, 3.8) is 0 Å². The van der Waals surface area contributed by atoms with Crippen molar-refractivity contribution in [1.82, 2.24) is 9.80 Å². The Morgan fingerprint density at radius 1 is 0.941 bits per heavy atom. The van der Waals surface area contributed by atoms with E-state index in [2.05, 4.69) is 4.90 Å². The molecule has 3 heteroatoms. The average Bonchev–Trinajstić information content (AvgIpc) is 2.42. The summed E-state index contributed by atoms with van der Waals surface area (Å²) < 4.78 is 0. The van der Waals surface area contributed by atoms with Crippen LogP contribution in [0, 0.1) is 0 Å². The van der Waals surface area contributed by atoms with Gasteiger partial charge >= 0.3 is 0 Å². The molecule has 0 aromatic rings. The SMILES string of the molecule is CC.CC(=O)N1CCN(C2CCCCC2)CC1. The van der Waals surface area contributed by atoms with Crippen molar-refractivity contribution < 1.29 is 4.79 Å². The molecule has 2 aliphatic rings. The molecule has 0 atom stereocenters. The first-order chi connectivity index (χ1) is 8.27. The summed E-state index contributed by atoms with van der Waals surface area (Å²) in [4.78, 5) is 15.8. The second kappa shape index (κ2) is 7.70. The average molecular weight is 240 g/mol. The summed E-state index contributed by atoms with van der Waals surface area (Å²) in [5.74, 6) is 0.235. The van der Waals surface area contributed by atoms with Gasteiger partial charge in [0.2, 0.25) is 5.91 Å². The molecule has 0 bridgehead atoms. The molecule has 2 rings (SSSR count). The number of carbonyl (C=O) groups excluding carboxylic acids is 1. The van der Waals surface area contributed by atoms with Crippen molar-refractivity contribution >= 4 is 5.91 Å². The second-order valence-electron chi connectivity index (χ2n) is 4.83. The van der Waals surface area contributed by atoms with Crippen LogP contribution < -0.4 is 0 Å². The van der Waals surface area contributed by atoms with Gasteiger partial charge in [0.05, 0.1) is 0 Å². The molecular weight excluding hydrogens is 212 g/mol. The van der Waals surface area contributed by atoms with Crippen LogP contribution in [-0.2, 0) is 4.79 Å². The molecule has 0 aromatic carbocycles. The minimum Gasteiger partial charge on any atom is -0.340 e. The Morgan fingerprint density at radius 3 is 1.94 bits per heavy atom. The molecule has 17 heavy (non-hydrogen) atoms. The van der Waals surface area contributed by atoms with Crippen molar-refractivity contribution in [2.45, 2.75) is 58.9 Å². The van der Waals surface area contributed by atoms with Gasteiger partial charge in [-0.1, -0.05) is 33.1 Å². The number of piperazine rings is 1. The van der Waals surface area contributed by atoms with Crippen LogP contribution in [-0.4, -0.2) is 47.9 Å². The minimum atomic E-state index is 0.235. The van der Waals surface area contributed by atoms with Crippen LogP contribution in [0.1, 0.15) is 52.9 Å². The van der Waals surface area contributed by atoms with E-state index in [9.17, 15) is 4.79 Å². The van der Waals surface area contributed by atoms with E-state index in [0.717, 1.165) is 32.2 Å². The number of nitrogens with zero attached hydrogens (tertiary/aromatic N) is 2. The quantitative estimate of drug-likeness (QED) is 0.703. The highest BCUT2D eigenvalue weighted by Gasteiger charge is 2.25. The van der Waals surface area contributed by atoms with Crippen molar-refractivity contribution in [3.05, 3.63) is 0 Å². The molecule has 0 N–H and O–H groups in total. The zero-order valence-corrected chi connectivity index (χ0v) is 11.7. The lowest BCUT2D eigenvalue weighted by molar-refractivity contribution is -0.131. The highest BCUT2D eigenvalue weighted by atomic mass is 16.2. The third-order valence-electron chi connectivity index (χ3n) is 3.85. The summed E-state index contributed by atoms with van der Waals surface area (Å²) in [6.07, 6.45) is 6.97. The molecule has 1 saturated heterocycles. The first-order valence-corrected chi connectivity index (χ1v) is 7.27. The highest BCUT2D eigenvalue weighted by molar-refractivity contribution is 5.73. The molecule has 2 fully saturated rings. The minimum absolute atomic E-state index is 0.235. The maximum Gasteiger partial charge on any atom is 0.219 e. The van der Waals surface area contributed by atoms with E-state index in [0.29, 0.717) is 0 Å². The summed E-state index contributed by atoms with van der Waals surface area (Å²) in [7, 11) is 0. The zero-order valence-electron chi connectivity index (χ0n) is 11.7. The van der Waals surface area contributed by atoms with Gasteiger partial charge in [-0.15, -0.1) is 0 Å². The van der Waals surface area contributed by atoms with Crippen molar-refractivity contribution in [2.24, 2.45) is 0 Å². The van der Waals surface area contributed by atoms with E-state index in [4.69, 9.17) is 0 Å². The molecule has 100 valence electrons. The molecule has 1 saturated carbocycles. The predicted molar refractivity (Wildman–Crippen MR) is 72.0 cm³/mol. The second-order valence-corrected chi connectivity index (χ2v) is 4.83. The normalized spacial score (nSPS) is 22.9. The fourth-order valence-electron chi connectivity index (χ4n) is 2.85. The van der Waals surface area contributed by atoms with Gasteiger partial charge in [0.1, 0.15) is 0 Å². The van der Waals surface area contributed by atoms with E-state index < -0.39 is 0 Å². The predicted octanol–water partition coefficient (Wildman–Crippen LogP) is 2.51. The van der Waals surface area contributed by atoms with Gasteiger partial charge in [0, 0.05) is 39.1 Å². The van der Waals surface area contributed by atoms with Crippen LogP contribution in [0.4, 0.5) is 0 Å². The van der Waals surface area contributed by atoms with Gasteiger partial charge in [0.25, 0.3) is 0 Å². The third-order valence-corrected chi connectivity index (χ3v) is 3.85. The van der Waals surface area contributed by atoms with Gasteiger partial charge in [-0.3, -0.25) is 9.69 Å². The molecule has 1 heterocycles. The highest BCUT2D eigenvalue weighted by Crippen LogP contribution is 2.23. The number of hydrogen-bond acceptors (Lipinski definition) is 2. The van der Waals surface area contributed by atoms with E-state index in [-0.39, 0.29) is 5.91 Å². The molecule has 3 nitrogen and oxygen atoms in total. The van der Waals surface area contributed by atoms with Crippen LogP contribution in [0.15, 0.2) is 0 Å². The molecule has 0 aromatic heterocycles. The lowest BCUT2D eigenvalue weighted by Crippen LogP contribution is -2.51. The first kappa shape index (κ1) is 14.5. The fraction of sp³-hybridized carbons (Fsp3) is 0.929. The number of hydrogen-bond donors (Lipinski definition) is 0. The Labute approximate surface area is 106 Å². The molecule has 0 spiro atoms. The Morgan fingerprint density at radius 2 is 1.47 bits per heavy atom. The van der Waals surface area contributed by atoms with Gasteiger partial charge < -0.3 is 4.90 Å². The molecule has 0 unspecified atom stereocenters. The summed E-state index contributed by atoms with van der Waals surface area (Å²) >= 11 is 0.